The zero-order chi connectivity index (χ0) is 11.7. The highest BCUT2D eigenvalue weighted by atomic mass is 35.5. The SMILES string of the molecule is O=[N+]([O-])C[C@H](O)c1cc2cc(Cl)ccc2o1. The summed E-state index contributed by atoms with van der Waals surface area (Å²) >= 11 is 5.78. The predicted octanol–water partition coefficient (Wildman–Crippen LogP) is 2.40. The van der Waals surface area contributed by atoms with Crippen LogP contribution in [0, 0.1) is 10.1 Å². The van der Waals surface area contributed by atoms with Crippen LogP contribution in [-0.2, 0) is 0 Å². The number of fused-ring (bicyclic) bond motifs is 1. The van der Waals surface area contributed by atoms with Crippen LogP contribution in [0.5, 0.6) is 0 Å². The van der Waals surface area contributed by atoms with Gasteiger partial charge in [-0.3, -0.25) is 10.1 Å². The Balaban J connectivity index is 2.35. The molecule has 0 saturated heterocycles. The third-order valence-corrected chi connectivity index (χ3v) is 2.38. The lowest BCUT2D eigenvalue weighted by molar-refractivity contribution is -0.492. The average Bonchev–Trinajstić information content (AvgIpc) is 2.59. The Morgan fingerprint density at radius 3 is 2.94 bits per heavy atom. The fraction of sp³-hybridized carbons (Fsp3) is 0.200. The monoisotopic (exact) mass is 241 g/mol. The van der Waals surface area contributed by atoms with Gasteiger partial charge in [-0.15, -0.1) is 0 Å². The molecule has 2 aromatic rings. The molecule has 5 nitrogen and oxygen atoms in total. The van der Waals surface area contributed by atoms with Crippen LogP contribution in [0.4, 0.5) is 0 Å². The number of hydrogen-bond acceptors (Lipinski definition) is 4. The summed E-state index contributed by atoms with van der Waals surface area (Å²) in [6, 6.07) is 6.52. The van der Waals surface area contributed by atoms with Gasteiger partial charge in [0.2, 0.25) is 6.54 Å². The summed E-state index contributed by atoms with van der Waals surface area (Å²) in [6.07, 6.45) is -1.24. The maximum Gasteiger partial charge on any atom is 0.236 e. The number of furan rings is 1. The van der Waals surface area contributed by atoms with Gasteiger partial charge < -0.3 is 9.52 Å². The first kappa shape index (κ1) is 10.9. The smallest absolute Gasteiger partial charge is 0.236 e. The van der Waals surface area contributed by atoms with E-state index < -0.39 is 17.6 Å². The van der Waals surface area contributed by atoms with Gasteiger partial charge in [0.1, 0.15) is 11.3 Å². The normalized spacial score (nSPS) is 12.9. The molecule has 0 radical (unpaired) electrons. The van der Waals surface area contributed by atoms with Gasteiger partial charge in [-0.2, -0.15) is 0 Å². The van der Waals surface area contributed by atoms with Crippen molar-refractivity contribution in [2.24, 2.45) is 0 Å². The number of nitro groups is 1. The number of nitrogens with zero attached hydrogens (tertiary/aromatic N) is 1. The Morgan fingerprint density at radius 2 is 2.25 bits per heavy atom. The van der Waals surface area contributed by atoms with E-state index in [0.717, 1.165) is 0 Å². The summed E-state index contributed by atoms with van der Waals surface area (Å²) in [5.41, 5.74) is 0.543. The first-order valence-corrected chi connectivity index (χ1v) is 4.93. The van der Waals surface area contributed by atoms with Crippen molar-refractivity contribution in [3.05, 3.63) is 45.2 Å². The molecule has 6 heteroatoms. The second kappa shape index (κ2) is 4.11. The van der Waals surface area contributed by atoms with E-state index in [0.29, 0.717) is 16.0 Å². The molecule has 0 aliphatic heterocycles. The van der Waals surface area contributed by atoms with Crippen molar-refractivity contribution in [3.63, 3.8) is 0 Å². The third kappa shape index (κ3) is 2.15. The van der Waals surface area contributed by atoms with Crippen molar-refractivity contribution >= 4 is 22.6 Å². The minimum absolute atomic E-state index is 0.175. The quantitative estimate of drug-likeness (QED) is 0.661. The van der Waals surface area contributed by atoms with Crippen molar-refractivity contribution in [1.29, 1.82) is 0 Å². The fourth-order valence-electron chi connectivity index (χ4n) is 1.43. The van der Waals surface area contributed by atoms with Crippen LogP contribution >= 0.6 is 11.6 Å². The maximum absolute atomic E-state index is 10.2. The van der Waals surface area contributed by atoms with Gasteiger partial charge in [0, 0.05) is 15.3 Å². The van der Waals surface area contributed by atoms with Gasteiger partial charge in [-0.1, -0.05) is 11.6 Å². The fourth-order valence-corrected chi connectivity index (χ4v) is 1.61. The number of rotatable bonds is 3. The standard InChI is InChI=1S/C10H8ClNO4/c11-7-1-2-9-6(3-7)4-10(16-9)8(13)5-12(14)15/h1-4,8,13H,5H2/t8-/m0/s1. The lowest BCUT2D eigenvalue weighted by Crippen LogP contribution is -2.10. The Morgan fingerprint density at radius 1 is 1.50 bits per heavy atom. The molecule has 84 valence electrons. The Kier molecular flexibility index (Phi) is 2.80. The Bertz CT molecular complexity index is 537. The lowest BCUT2D eigenvalue weighted by atomic mass is 10.2. The topological polar surface area (TPSA) is 76.5 Å². The highest BCUT2D eigenvalue weighted by molar-refractivity contribution is 6.31. The second-order valence-electron chi connectivity index (χ2n) is 3.36. The zero-order valence-electron chi connectivity index (χ0n) is 8.09. The van der Waals surface area contributed by atoms with Crippen LogP contribution in [0.15, 0.2) is 28.7 Å². The van der Waals surface area contributed by atoms with E-state index in [1.807, 2.05) is 0 Å². The van der Waals surface area contributed by atoms with Crippen molar-refractivity contribution < 1.29 is 14.4 Å². The summed E-state index contributed by atoms with van der Waals surface area (Å²) in [7, 11) is 0. The molecule has 0 unspecified atom stereocenters. The van der Waals surface area contributed by atoms with Crippen molar-refractivity contribution in [1.82, 2.24) is 0 Å². The molecule has 1 aromatic heterocycles. The third-order valence-electron chi connectivity index (χ3n) is 2.15. The summed E-state index contributed by atoms with van der Waals surface area (Å²) < 4.78 is 5.27. The summed E-state index contributed by atoms with van der Waals surface area (Å²) in [6.45, 7) is -0.576. The van der Waals surface area contributed by atoms with Gasteiger partial charge in [0.25, 0.3) is 0 Å². The van der Waals surface area contributed by atoms with Crippen LogP contribution in [0.1, 0.15) is 11.9 Å². The van der Waals surface area contributed by atoms with E-state index in [1.54, 1.807) is 24.3 Å². The van der Waals surface area contributed by atoms with Crippen LogP contribution in [0.3, 0.4) is 0 Å². The first-order chi connectivity index (χ1) is 7.56. The number of benzene rings is 1. The van der Waals surface area contributed by atoms with Crippen molar-refractivity contribution in [2.75, 3.05) is 6.54 Å². The molecular weight excluding hydrogens is 234 g/mol. The highest BCUT2D eigenvalue weighted by Gasteiger charge is 2.18. The Hall–Kier alpha value is -1.59. The van der Waals surface area contributed by atoms with Crippen LogP contribution in [0.25, 0.3) is 11.0 Å². The molecule has 0 bridgehead atoms. The molecule has 0 aliphatic rings. The van der Waals surface area contributed by atoms with Crippen molar-refractivity contribution in [2.45, 2.75) is 6.10 Å². The summed E-state index contributed by atoms with van der Waals surface area (Å²) in [5.74, 6) is 0.175. The molecule has 1 heterocycles. The minimum atomic E-state index is -1.24. The summed E-state index contributed by atoms with van der Waals surface area (Å²) in [5, 5.41) is 21.0. The van der Waals surface area contributed by atoms with Crippen molar-refractivity contribution in [3.8, 4) is 0 Å². The van der Waals surface area contributed by atoms with Gasteiger partial charge in [-0.05, 0) is 24.3 Å². The largest absolute Gasteiger partial charge is 0.458 e. The summed E-state index contributed by atoms with van der Waals surface area (Å²) in [4.78, 5) is 9.64. The number of halogens is 1. The van der Waals surface area contributed by atoms with E-state index in [9.17, 15) is 15.2 Å². The molecule has 0 fully saturated rings. The molecule has 0 aliphatic carbocycles. The zero-order valence-corrected chi connectivity index (χ0v) is 8.85. The van der Waals surface area contributed by atoms with E-state index >= 15 is 0 Å². The van der Waals surface area contributed by atoms with Crippen LogP contribution in [-0.4, -0.2) is 16.6 Å². The average molecular weight is 242 g/mol. The van der Waals surface area contributed by atoms with Gasteiger partial charge in [0.05, 0.1) is 0 Å². The first-order valence-electron chi connectivity index (χ1n) is 4.55. The predicted molar refractivity (Wildman–Crippen MR) is 58.0 cm³/mol. The second-order valence-corrected chi connectivity index (χ2v) is 3.80. The van der Waals surface area contributed by atoms with E-state index in [2.05, 4.69) is 0 Å². The molecule has 2 rings (SSSR count). The molecule has 1 N–H and O–H groups in total. The minimum Gasteiger partial charge on any atom is -0.458 e. The number of aliphatic hydroxyl groups is 1. The van der Waals surface area contributed by atoms with Gasteiger partial charge in [0.15, 0.2) is 6.10 Å². The van der Waals surface area contributed by atoms with Crippen LogP contribution in [0.2, 0.25) is 5.02 Å². The number of aliphatic hydroxyl groups excluding tert-OH is 1. The molecule has 1 aromatic carbocycles. The van der Waals surface area contributed by atoms with E-state index in [-0.39, 0.29) is 5.76 Å². The van der Waals surface area contributed by atoms with Crippen LogP contribution < -0.4 is 0 Å². The number of hydrogen-bond donors (Lipinski definition) is 1. The molecule has 0 amide bonds. The molecule has 0 saturated carbocycles. The molecule has 16 heavy (non-hydrogen) atoms. The molecular formula is C10H8ClNO4. The van der Waals surface area contributed by atoms with Gasteiger partial charge >= 0.3 is 0 Å². The maximum atomic E-state index is 10.2. The molecule has 0 spiro atoms. The lowest BCUT2D eigenvalue weighted by Gasteiger charge is -2.00. The highest BCUT2D eigenvalue weighted by Crippen LogP contribution is 2.26. The van der Waals surface area contributed by atoms with E-state index in [1.165, 1.54) is 0 Å². The van der Waals surface area contributed by atoms with Gasteiger partial charge in [-0.25, -0.2) is 0 Å². The van der Waals surface area contributed by atoms with E-state index in [4.69, 9.17) is 16.0 Å². The Labute approximate surface area is 95.4 Å². The molecule has 1 atom stereocenters.